The van der Waals surface area contributed by atoms with E-state index in [1.54, 1.807) is 24.3 Å². The number of sulfonamides is 1. The minimum atomic E-state index is -3.69. The second-order valence-corrected chi connectivity index (χ2v) is 8.40. The van der Waals surface area contributed by atoms with Gasteiger partial charge in [0.15, 0.2) is 6.61 Å². The number of unbranched alkanes of at least 4 members (excludes halogenated alkanes) is 2. The van der Waals surface area contributed by atoms with E-state index in [0.717, 1.165) is 30.4 Å². The lowest BCUT2D eigenvalue weighted by atomic mass is 10.1. The van der Waals surface area contributed by atoms with Crippen LogP contribution in [0.4, 0.5) is 5.69 Å². The molecule has 152 valence electrons. The first kappa shape index (κ1) is 21.8. The van der Waals surface area contributed by atoms with Gasteiger partial charge in [-0.2, -0.15) is 0 Å². The highest BCUT2D eigenvalue weighted by Crippen LogP contribution is 2.21. The van der Waals surface area contributed by atoms with Crippen molar-refractivity contribution in [2.45, 2.75) is 44.9 Å². The van der Waals surface area contributed by atoms with Gasteiger partial charge in [0.05, 0.1) is 4.90 Å². The molecule has 0 atom stereocenters. The van der Waals surface area contributed by atoms with Crippen LogP contribution in [0.25, 0.3) is 0 Å². The summed E-state index contributed by atoms with van der Waals surface area (Å²) >= 11 is 0. The molecule has 0 aliphatic carbocycles. The van der Waals surface area contributed by atoms with Crippen molar-refractivity contribution in [3.8, 4) is 5.75 Å². The molecular weight excluding hydrogens is 376 g/mol. The maximum Gasteiger partial charge on any atom is 0.261 e. The van der Waals surface area contributed by atoms with Crippen LogP contribution in [0.1, 0.15) is 37.3 Å². The molecule has 0 radical (unpaired) electrons. The van der Waals surface area contributed by atoms with E-state index in [1.165, 1.54) is 12.1 Å². The van der Waals surface area contributed by atoms with Crippen molar-refractivity contribution < 1.29 is 17.9 Å². The van der Waals surface area contributed by atoms with Gasteiger partial charge in [-0.05, 0) is 67.8 Å². The SMILES string of the molecule is CCCCCNC(=O)COc1ccc(S(=O)(=O)Nc2ccc(C)c(C)c2)cc1. The van der Waals surface area contributed by atoms with E-state index in [1.807, 2.05) is 19.9 Å². The molecule has 0 heterocycles. The van der Waals surface area contributed by atoms with E-state index >= 15 is 0 Å². The minimum absolute atomic E-state index is 0.0981. The predicted molar refractivity (Wildman–Crippen MR) is 111 cm³/mol. The fourth-order valence-electron chi connectivity index (χ4n) is 2.54. The van der Waals surface area contributed by atoms with Crippen LogP contribution in [-0.2, 0) is 14.8 Å². The quantitative estimate of drug-likeness (QED) is 0.590. The highest BCUT2D eigenvalue weighted by Gasteiger charge is 2.14. The fraction of sp³-hybridized carbons (Fsp3) is 0.381. The molecular formula is C21H28N2O4S. The van der Waals surface area contributed by atoms with E-state index in [-0.39, 0.29) is 17.4 Å². The fourth-order valence-corrected chi connectivity index (χ4v) is 3.59. The summed E-state index contributed by atoms with van der Waals surface area (Å²) in [6.07, 6.45) is 3.12. The average Bonchev–Trinajstić information content (AvgIpc) is 2.66. The molecule has 0 aromatic heterocycles. The summed E-state index contributed by atoms with van der Waals surface area (Å²) in [6.45, 7) is 6.54. The summed E-state index contributed by atoms with van der Waals surface area (Å²) < 4.78 is 33.0. The molecule has 2 aromatic rings. The molecule has 0 fully saturated rings. The molecule has 0 unspecified atom stereocenters. The van der Waals surface area contributed by atoms with Gasteiger partial charge in [0.1, 0.15) is 5.75 Å². The minimum Gasteiger partial charge on any atom is -0.484 e. The number of rotatable bonds is 10. The first-order chi connectivity index (χ1) is 13.3. The Kier molecular flexibility index (Phi) is 7.87. The van der Waals surface area contributed by atoms with Crippen LogP contribution in [-0.4, -0.2) is 27.5 Å². The Hall–Kier alpha value is -2.54. The molecule has 28 heavy (non-hydrogen) atoms. The lowest BCUT2D eigenvalue weighted by Gasteiger charge is -2.11. The van der Waals surface area contributed by atoms with Gasteiger partial charge in [-0.3, -0.25) is 9.52 Å². The zero-order chi connectivity index (χ0) is 20.6. The first-order valence-corrected chi connectivity index (χ1v) is 10.9. The maximum absolute atomic E-state index is 12.5. The Morgan fingerprint density at radius 1 is 1.00 bits per heavy atom. The normalized spacial score (nSPS) is 11.1. The Labute approximate surface area is 167 Å². The van der Waals surface area contributed by atoms with Crippen molar-refractivity contribution in [1.29, 1.82) is 0 Å². The summed E-state index contributed by atoms with van der Waals surface area (Å²) in [5.74, 6) is 0.248. The molecule has 0 spiro atoms. The lowest BCUT2D eigenvalue weighted by Crippen LogP contribution is -2.29. The van der Waals surface area contributed by atoms with Gasteiger partial charge in [0.2, 0.25) is 0 Å². The molecule has 2 rings (SSSR count). The Morgan fingerprint density at radius 3 is 2.36 bits per heavy atom. The molecule has 7 heteroatoms. The summed E-state index contributed by atoms with van der Waals surface area (Å²) in [5.41, 5.74) is 2.62. The highest BCUT2D eigenvalue weighted by atomic mass is 32.2. The van der Waals surface area contributed by atoms with Crippen LogP contribution in [0.2, 0.25) is 0 Å². The van der Waals surface area contributed by atoms with Gasteiger partial charge in [-0.1, -0.05) is 25.8 Å². The Morgan fingerprint density at radius 2 is 1.71 bits per heavy atom. The summed E-state index contributed by atoms with van der Waals surface area (Å²) in [4.78, 5) is 11.8. The number of amides is 1. The molecule has 0 saturated heterocycles. The molecule has 0 saturated carbocycles. The second-order valence-electron chi connectivity index (χ2n) is 6.72. The topological polar surface area (TPSA) is 84.5 Å². The molecule has 0 aliphatic heterocycles. The maximum atomic E-state index is 12.5. The molecule has 1 amide bonds. The number of carbonyl (C=O) groups excluding carboxylic acids is 1. The third-order valence-electron chi connectivity index (χ3n) is 4.37. The van der Waals surface area contributed by atoms with Crippen molar-refractivity contribution in [2.75, 3.05) is 17.9 Å². The second kappa shape index (κ2) is 10.1. The van der Waals surface area contributed by atoms with Gasteiger partial charge in [-0.25, -0.2) is 8.42 Å². The van der Waals surface area contributed by atoms with Crippen LogP contribution in [0.15, 0.2) is 47.4 Å². The van der Waals surface area contributed by atoms with Crippen molar-refractivity contribution in [3.05, 3.63) is 53.6 Å². The summed E-state index contributed by atoms with van der Waals surface area (Å²) in [5, 5.41) is 2.79. The van der Waals surface area contributed by atoms with Gasteiger partial charge < -0.3 is 10.1 Å². The zero-order valence-corrected chi connectivity index (χ0v) is 17.4. The Bertz CT molecular complexity index is 893. The van der Waals surface area contributed by atoms with Gasteiger partial charge in [-0.15, -0.1) is 0 Å². The zero-order valence-electron chi connectivity index (χ0n) is 16.6. The van der Waals surface area contributed by atoms with E-state index in [2.05, 4.69) is 17.0 Å². The monoisotopic (exact) mass is 404 g/mol. The van der Waals surface area contributed by atoms with E-state index < -0.39 is 10.0 Å². The number of benzene rings is 2. The third-order valence-corrected chi connectivity index (χ3v) is 5.76. The van der Waals surface area contributed by atoms with Gasteiger partial charge in [0, 0.05) is 12.2 Å². The highest BCUT2D eigenvalue weighted by molar-refractivity contribution is 7.92. The van der Waals surface area contributed by atoms with Crippen molar-refractivity contribution in [2.24, 2.45) is 0 Å². The molecule has 2 aromatic carbocycles. The predicted octanol–water partition coefficient (Wildman–Crippen LogP) is 3.79. The number of ether oxygens (including phenoxy) is 1. The first-order valence-electron chi connectivity index (χ1n) is 9.41. The molecule has 0 aliphatic rings. The number of nitrogens with one attached hydrogen (secondary N) is 2. The average molecular weight is 405 g/mol. The lowest BCUT2D eigenvalue weighted by molar-refractivity contribution is -0.123. The van der Waals surface area contributed by atoms with E-state index in [0.29, 0.717) is 18.0 Å². The molecule has 0 bridgehead atoms. The van der Waals surface area contributed by atoms with Crippen LogP contribution >= 0.6 is 0 Å². The van der Waals surface area contributed by atoms with Crippen LogP contribution in [0.5, 0.6) is 5.75 Å². The molecule has 2 N–H and O–H groups in total. The largest absolute Gasteiger partial charge is 0.484 e. The van der Waals surface area contributed by atoms with Crippen molar-refractivity contribution in [3.63, 3.8) is 0 Å². The van der Waals surface area contributed by atoms with Crippen LogP contribution in [0.3, 0.4) is 0 Å². The van der Waals surface area contributed by atoms with Crippen molar-refractivity contribution in [1.82, 2.24) is 5.32 Å². The smallest absolute Gasteiger partial charge is 0.261 e. The summed E-state index contributed by atoms with van der Waals surface area (Å²) in [6, 6.07) is 11.4. The van der Waals surface area contributed by atoms with E-state index in [4.69, 9.17) is 4.74 Å². The van der Waals surface area contributed by atoms with Crippen LogP contribution in [0, 0.1) is 13.8 Å². The number of hydrogen-bond donors (Lipinski definition) is 2. The standard InChI is InChI=1S/C21H28N2O4S/c1-4-5-6-13-22-21(24)15-27-19-9-11-20(12-10-19)28(25,26)23-18-8-7-16(2)17(3)14-18/h7-12,14,23H,4-6,13,15H2,1-3H3,(H,22,24). The number of aryl methyl sites for hydroxylation is 2. The van der Waals surface area contributed by atoms with Gasteiger partial charge in [0.25, 0.3) is 15.9 Å². The van der Waals surface area contributed by atoms with Crippen molar-refractivity contribution >= 4 is 21.6 Å². The van der Waals surface area contributed by atoms with Gasteiger partial charge >= 0.3 is 0 Å². The number of hydrogen-bond acceptors (Lipinski definition) is 4. The number of anilines is 1. The van der Waals surface area contributed by atoms with Crippen LogP contribution < -0.4 is 14.8 Å². The third kappa shape index (κ3) is 6.56. The number of carbonyl (C=O) groups is 1. The Balaban J connectivity index is 1.91. The molecule has 6 nitrogen and oxygen atoms in total. The van der Waals surface area contributed by atoms with E-state index in [9.17, 15) is 13.2 Å². The summed E-state index contributed by atoms with van der Waals surface area (Å²) in [7, 11) is -3.69.